The summed E-state index contributed by atoms with van der Waals surface area (Å²) >= 11 is 0. The molecule has 1 aliphatic rings. The van der Waals surface area contributed by atoms with Crippen molar-refractivity contribution in [1.82, 2.24) is 10.5 Å². The zero-order chi connectivity index (χ0) is 17.2. The van der Waals surface area contributed by atoms with Gasteiger partial charge in [-0.15, -0.1) is 0 Å². The number of rotatable bonds is 7. The summed E-state index contributed by atoms with van der Waals surface area (Å²) in [5.41, 5.74) is 1.33. The fraction of sp³-hybridized carbons (Fsp3) is 0.550. The van der Waals surface area contributed by atoms with Gasteiger partial charge in [0.2, 0.25) is 0 Å². The molecule has 0 bridgehead atoms. The molecule has 2 aromatic rings. The van der Waals surface area contributed by atoms with E-state index in [1.807, 2.05) is 36.4 Å². The molecule has 4 nitrogen and oxygen atoms in total. The van der Waals surface area contributed by atoms with Crippen molar-refractivity contribution in [1.29, 1.82) is 0 Å². The second kappa shape index (κ2) is 6.98. The minimum atomic E-state index is 0.296. The van der Waals surface area contributed by atoms with Gasteiger partial charge in [0.05, 0.1) is 5.69 Å². The highest BCUT2D eigenvalue weighted by molar-refractivity contribution is 5.21. The van der Waals surface area contributed by atoms with Gasteiger partial charge in [-0.05, 0) is 36.3 Å². The first-order valence-electron chi connectivity index (χ1n) is 8.83. The summed E-state index contributed by atoms with van der Waals surface area (Å²) in [6.07, 6.45) is 2.17. The van der Waals surface area contributed by atoms with Crippen LogP contribution in [0.1, 0.15) is 45.6 Å². The SMILES string of the molecule is CC(C)N[C@H]1C[C@@H](Cc2cc(COc3ccccc3)on2)C1(C)C. The molecule has 1 aromatic heterocycles. The van der Waals surface area contributed by atoms with Crippen molar-refractivity contribution in [2.75, 3.05) is 0 Å². The molecule has 130 valence electrons. The van der Waals surface area contributed by atoms with Crippen LogP contribution in [0.15, 0.2) is 40.9 Å². The van der Waals surface area contributed by atoms with Gasteiger partial charge in [-0.1, -0.05) is 51.1 Å². The van der Waals surface area contributed by atoms with Crippen molar-refractivity contribution < 1.29 is 9.26 Å². The van der Waals surface area contributed by atoms with E-state index in [4.69, 9.17) is 9.26 Å². The maximum Gasteiger partial charge on any atom is 0.174 e. The van der Waals surface area contributed by atoms with Crippen molar-refractivity contribution in [3.8, 4) is 5.75 Å². The summed E-state index contributed by atoms with van der Waals surface area (Å²) in [6, 6.07) is 12.9. The van der Waals surface area contributed by atoms with Gasteiger partial charge in [0.25, 0.3) is 0 Å². The molecule has 1 N–H and O–H groups in total. The average Bonchev–Trinajstić information content (AvgIpc) is 3.00. The zero-order valence-corrected chi connectivity index (χ0v) is 15.1. The Hall–Kier alpha value is -1.81. The van der Waals surface area contributed by atoms with Crippen LogP contribution in [-0.2, 0) is 13.0 Å². The van der Waals surface area contributed by atoms with E-state index >= 15 is 0 Å². The first kappa shape index (κ1) is 17.0. The third kappa shape index (κ3) is 3.81. The van der Waals surface area contributed by atoms with Crippen LogP contribution in [0.25, 0.3) is 0 Å². The number of ether oxygens (including phenoxy) is 1. The van der Waals surface area contributed by atoms with E-state index in [0.29, 0.717) is 30.0 Å². The standard InChI is InChI=1S/C20H28N2O2/c1-14(2)21-19-11-15(20(19,3)4)10-16-12-18(24-22-16)13-23-17-8-6-5-7-9-17/h5-9,12,14-15,19,21H,10-11,13H2,1-4H3/t15-,19+/m1/s1. The number of benzene rings is 1. The molecule has 0 saturated heterocycles. The number of hydrogen-bond donors (Lipinski definition) is 1. The van der Waals surface area contributed by atoms with E-state index < -0.39 is 0 Å². The Kier molecular flexibility index (Phi) is 4.95. The summed E-state index contributed by atoms with van der Waals surface area (Å²) in [6.45, 7) is 9.53. The predicted molar refractivity (Wildman–Crippen MR) is 94.9 cm³/mol. The van der Waals surface area contributed by atoms with Crippen molar-refractivity contribution in [3.05, 3.63) is 47.9 Å². The molecular weight excluding hydrogens is 300 g/mol. The quantitative estimate of drug-likeness (QED) is 0.827. The molecule has 0 spiro atoms. The molecule has 24 heavy (non-hydrogen) atoms. The largest absolute Gasteiger partial charge is 0.486 e. The third-order valence-corrected chi connectivity index (χ3v) is 5.19. The fourth-order valence-electron chi connectivity index (χ4n) is 3.49. The monoisotopic (exact) mass is 328 g/mol. The van der Waals surface area contributed by atoms with Gasteiger partial charge >= 0.3 is 0 Å². The van der Waals surface area contributed by atoms with Crippen LogP contribution < -0.4 is 10.1 Å². The highest BCUT2D eigenvalue weighted by Gasteiger charge is 2.47. The van der Waals surface area contributed by atoms with E-state index in [0.717, 1.165) is 23.6 Å². The van der Waals surface area contributed by atoms with Crippen molar-refractivity contribution in [2.24, 2.45) is 11.3 Å². The molecule has 0 unspecified atom stereocenters. The molecule has 1 aliphatic carbocycles. The third-order valence-electron chi connectivity index (χ3n) is 5.19. The Morgan fingerprint density at radius 2 is 2.04 bits per heavy atom. The van der Waals surface area contributed by atoms with Crippen molar-refractivity contribution in [3.63, 3.8) is 0 Å². The number of hydrogen-bond acceptors (Lipinski definition) is 4. The molecule has 1 fully saturated rings. The molecule has 3 rings (SSSR count). The molecule has 2 atom stereocenters. The van der Waals surface area contributed by atoms with Gasteiger partial charge in [0.1, 0.15) is 12.4 Å². The van der Waals surface area contributed by atoms with E-state index in [9.17, 15) is 0 Å². The van der Waals surface area contributed by atoms with Crippen LogP contribution in [0.3, 0.4) is 0 Å². The summed E-state index contributed by atoms with van der Waals surface area (Å²) in [5.74, 6) is 2.27. The lowest BCUT2D eigenvalue weighted by molar-refractivity contribution is 0.00900. The first-order valence-corrected chi connectivity index (χ1v) is 8.83. The number of nitrogens with one attached hydrogen (secondary N) is 1. The molecule has 1 aromatic carbocycles. The maximum atomic E-state index is 5.71. The normalized spacial score (nSPS) is 22.4. The Morgan fingerprint density at radius 3 is 2.71 bits per heavy atom. The Bertz CT molecular complexity index is 649. The molecule has 1 heterocycles. The fourth-order valence-corrected chi connectivity index (χ4v) is 3.49. The highest BCUT2D eigenvalue weighted by atomic mass is 16.5. The summed E-state index contributed by atoms with van der Waals surface area (Å²) < 4.78 is 11.1. The minimum Gasteiger partial charge on any atom is -0.486 e. The second-order valence-electron chi connectivity index (χ2n) is 7.72. The van der Waals surface area contributed by atoms with Crippen LogP contribution >= 0.6 is 0 Å². The molecule has 0 radical (unpaired) electrons. The van der Waals surface area contributed by atoms with Crippen LogP contribution in [0.2, 0.25) is 0 Å². The first-order chi connectivity index (χ1) is 11.4. The van der Waals surface area contributed by atoms with Gasteiger partial charge in [-0.3, -0.25) is 0 Å². The molecule has 4 heteroatoms. The minimum absolute atomic E-state index is 0.296. The number of aromatic nitrogens is 1. The van der Waals surface area contributed by atoms with E-state index in [-0.39, 0.29) is 0 Å². The van der Waals surface area contributed by atoms with Gasteiger partial charge in [0.15, 0.2) is 5.76 Å². The lowest BCUT2D eigenvalue weighted by Gasteiger charge is -2.53. The van der Waals surface area contributed by atoms with Gasteiger partial charge in [-0.2, -0.15) is 0 Å². The predicted octanol–water partition coefficient (Wildman–Crippen LogP) is 4.21. The molecule has 1 saturated carbocycles. The Balaban J connectivity index is 1.51. The maximum absolute atomic E-state index is 5.71. The van der Waals surface area contributed by atoms with Crippen LogP contribution in [0.5, 0.6) is 5.75 Å². The van der Waals surface area contributed by atoms with Gasteiger partial charge in [-0.25, -0.2) is 0 Å². The zero-order valence-electron chi connectivity index (χ0n) is 15.1. The smallest absolute Gasteiger partial charge is 0.174 e. The number of nitrogens with zero attached hydrogens (tertiary/aromatic N) is 1. The second-order valence-corrected chi connectivity index (χ2v) is 7.72. The van der Waals surface area contributed by atoms with Gasteiger partial charge < -0.3 is 14.6 Å². The van der Waals surface area contributed by atoms with Crippen molar-refractivity contribution in [2.45, 2.75) is 59.2 Å². The van der Waals surface area contributed by atoms with Crippen LogP contribution in [-0.4, -0.2) is 17.2 Å². The van der Waals surface area contributed by atoms with Crippen LogP contribution in [0.4, 0.5) is 0 Å². The summed E-state index contributed by atoms with van der Waals surface area (Å²) in [7, 11) is 0. The van der Waals surface area contributed by atoms with Crippen molar-refractivity contribution >= 4 is 0 Å². The molecular formula is C20H28N2O2. The van der Waals surface area contributed by atoms with E-state index in [2.05, 4.69) is 38.2 Å². The highest BCUT2D eigenvalue weighted by Crippen LogP contribution is 2.47. The summed E-state index contributed by atoms with van der Waals surface area (Å²) in [5, 5.41) is 7.89. The lowest BCUT2D eigenvalue weighted by atomic mass is 9.57. The molecule has 0 amide bonds. The van der Waals surface area contributed by atoms with Crippen LogP contribution in [0, 0.1) is 11.3 Å². The average molecular weight is 328 g/mol. The van der Waals surface area contributed by atoms with E-state index in [1.165, 1.54) is 6.42 Å². The summed E-state index contributed by atoms with van der Waals surface area (Å²) in [4.78, 5) is 0. The van der Waals surface area contributed by atoms with E-state index in [1.54, 1.807) is 0 Å². The topological polar surface area (TPSA) is 47.3 Å². The Morgan fingerprint density at radius 1 is 1.29 bits per heavy atom. The molecule has 0 aliphatic heterocycles. The lowest BCUT2D eigenvalue weighted by Crippen LogP contribution is -2.58. The number of para-hydroxylation sites is 1. The van der Waals surface area contributed by atoms with Gasteiger partial charge in [0, 0.05) is 18.2 Å². The Labute approximate surface area is 144 Å².